The van der Waals surface area contributed by atoms with Gasteiger partial charge in [0.05, 0.1) is 11.9 Å². The van der Waals surface area contributed by atoms with Crippen LogP contribution in [0.2, 0.25) is 0 Å². The van der Waals surface area contributed by atoms with Crippen molar-refractivity contribution in [3.8, 4) is 0 Å². The van der Waals surface area contributed by atoms with Crippen LogP contribution in [0.15, 0.2) is 16.9 Å². The maximum absolute atomic E-state index is 4.32. The van der Waals surface area contributed by atoms with Gasteiger partial charge in [0.2, 0.25) is 0 Å². The summed E-state index contributed by atoms with van der Waals surface area (Å²) in [5.74, 6) is 2.12. The molecule has 3 heteroatoms. The van der Waals surface area contributed by atoms with Crippen LogP contribution in [-0.2, 0) is 0 Å². The summed E-state index contributed by atoms with van der Waals surface area (Å²) in [6.07, 6.45) is 2.10. The van der Waals surface area contributed by atoms with Crippen molar-refractivity contribution in [2.24, 2.45) is 4.99 Å². The minimum Gasteiger partial charge on any atom is -0.364 e. The molecule has 1 heterocycles. The first-order valence-corrected chi connectivity index (χ1v) is 3.80. The number of nitrogens with one attached hydrogen (secondary N) is 1. The standard InChI is InChI=1S/C8H15N3/c1-6-5-8(11(3)4)10-7(2)9-6/h5-6H,1-4H3,(H,9,10). The fraction of sp³-hybridized carbons (Fsp3) is 0.625. The number of amidine groups is 1. The molecule has 3 nitrogen and oxygen atoms in total. The topological polar surface area (TPSA) is 27.6 Å². The third-order valence-corrected chi connectivity index (χ3v) is 1.59. The van der Waals surface area contributed by atoms with E-state index in [0.717, 1.165) is 11.7 Å². The second kappa shape index (κ2) is 2.95. The first kappa shape index (κ1) is 8.11. The van der Waals surface area contributed by atoms with Crippen molar-refractivity contribution in [2.45, 2.75) is 19.9 Å². The van der Waals surface area contributed by atoms with E-state index in [1.54, 1.807) is 0 Å². The van der Waals surface area contributed by atoms with Gasteiger partial charge < -0.3 is 10.2 Å². The maximum atomic E-state index is 4.32. The first-order chi connectivity index (χ1) is 5.09. The average molecular weight is 153 g/mol. The Balaban J connectivity index is 2.71. The molecule has 0 aromatic rings. The van der Waals surface area contributed by atoms with Crippen LogP contribution in [0.25, 0.3) is 0 Å². The molecular weight excluding hydrogens is 138 g/mol. The molecule has 0 fully saturated rings. The van der Waals surface area contributed by atoms with Crippen molar-refractivity contribution in [3.05, 3.63) is 11.9 Å². The van der Waals surface area contributed by atoms with Gasteiger partial charge in [-0.05, 0) is 19.9 Å². The minimum atomic E-state index is 0.300. The molecule has 0 radical (unpaired) electrons. The van der Waals surface area contributed by atoms with Crippen LogP contribution in [0.5, 0.6) is 0 Å². The highest BCUT2D eigenvalue weighted by molar-refractivity contribution is 5.82. The van der Waals surface area contributed by atoms with E-state index in [9.17, 15) is 0 Å². The monoisotopic (exact) mass is 153 g/mol. The smallest absolute Gasteiger partial charge is 0.104 e. The molecule has 1 aliphatic rings. The zero-order valence-electron chi connectivity index (χ0n) is 7.55. The lowest BCUT2D eigenvalue weighted by atomic mass is 10.3. The lowest BCUT2D eigenvalue weighted by Gasteiger charge is -2.23. The molecule has 11 heavy (non-hydrogen) atoms. The molecule has 62 valence electrons. The summed E-state index contributed by atoms with van der Waals surface area (Å²) in [7, 11) is 4.04. The summed E-state index contributed by atoms with van der Waals surface area (Å²) in [4.78, 5) is 6.37. The van der Waals surface area contributed by atoms with Crippen molar-refractivity contribution in [3.63, 3.8) is 0 Å². The number of hydrogen-bond donors (Lipinski definition) is 1. The second-order valence-electron chi connectivity index (χ2n) is 3.03. The van der Waals surface area contributed by atoms with Gasteiger partial charge in [0.1, 0.15) is 5.82 Å². The van der Waals surface area contributed by atoms with Gasteiger partial charge in [0, 0.05) is 14.1 Å². The largest absolute Gasteiger partial charge is 0.364 e. The van der Waals surface area contributed by atoms with Crippen molar-refractivity contribution < 1.29 is 0 Å². The normalized spacial score (nSPS) is 23.5. The number of aliphatic imine (C=N–C) groups is 1. The fourth-order valence-corrected chi connectivity index (χ4v) is 1.09. The van der Waals surface area contributed by atoms with Crippen LogP contribution in [0.4, 0.5) is 0 Å². The Morgan fingerprint density at radius 2 is 2.18 bits per heavy atom. The number of nitrogens with zero attached hydrogens (tertiary/aromatic N) is 2. The van der Waals surface area contributed by atoms with E-state index >= 15 is 0 Å². The molecule has 1 aliphatic heterocycles. The van der Waals surface area contributed by atoms with E-state index in [2.05, 4.69) is 28.2 Å². The Bertz CT molecular complexity index is 203. The molecule has 0 aromatic heterocycles. The van der Waals surface area contributed by atoms with Crippen LogP contribution in [0, 0.1) is 0 Å². The van der Waals surface area contributed by atoms with E-state index in [1.807, 2.05) is 21.0 Å². The summed E-state index contributed by atoms with van der Waals surface area (Å²) in [6, 6.07) is 0.300. The third kappa shape index (κ3) is 1.97. The van der Waals surface area contributed by atoms with Crippen molar-refractivity contribution >= 4 is 5.84 Å². The van der Waals surface area contributed by atoms with Crippen LogP contribution < -0.4 is 5.32 Å². The Hall–Kier alpha value is -0.990. The predicted octanol–water partition coefficient (Wildman–Crippen LogP) is 0.799. The number of rotatable bonds is 1. The van der Waals surface area contributed by atoms with Gasteiger partial charge in [-0.25, -0.2) is 0 Å². The lowest BCUT2D eigenvalue weighted by molar-refractivity contribution is 0.478. The molecule has 0 bridgehead atoms. The van der Waals surface area contributed by atoms with Crippen LogP contribution in [0.3, 0.4) is 0 Å². The van der Waals surface area contributed by atoms with E-state index < -0.39 is 0 Å². The van der Waals surface area contributed by atoms with Gasteiger partial charge in [0.15, 0.2) is 0 Å². The van der Waals surface area contributed by atoms with Crippen molar-refractivity contribution in [2.75, 3.05) is 14.1 Å². The summed E-state index contributed by atoms with van der Waals surface area (Å²) in [5, 5.41) is 3.18. The van der Waals surface area contributed by atoms with E-state index in [-0.39, 0.29) is 0 Å². The molecule has 0 aliphatic carbocycles. The van der Waals surface area contributed by atoms with Gasteiger partial charge in [0.25, 0.3) is 0 Å². The first-order valence-electron chi connectivity index (χ1n) is 3.80. The molecule has 0 saturated carbocycles. The molecule has 1 rings (SSSR count). The Kier molecular flexibility index (Phi) is 2.17. The maximum Gasteiger partial charge on any atom is 0.104 e. The molecule has 1 unspecified atom stereocenters. The molecule has 0 aromatic carbocycles. The van der Waals surface area contributed by atoms with Gasteiger partial charge in [-0.2, -0.15) is 0 Å². The lowest BCUT2D eigenvalue weighted by Crippen LogP contribution is -2.33. The molecule has 0 saturated heterocycles. The highest BCUT2D eigenvalue weighted by Gasteiger charge is 2.08. The summed E-state index contributed by atoms with van der Waals surface area (Å²) < 4.78 is 0. The minimum absolute atomic E-state index is 0.300. The molecule has 0 amide bonds. The summed E-state index contributed by atoms with van der Waals surface area (Å²) >= 11 is 0. The Labute approximate surface area is 67.8 Å². The van der Waals surface area contributed by atoms with E-state index in [1.165, 1.54) is 0 Å². The van der Waals surface area contributed by atoms with E-state index in [4.69, 9.17) is 0 Å². The Morgan fingerprint density at radius 1 is 1.55 bits per heavy atom. The second-order valence-corrected chi connectivity index (χ2v) is 3.03. The van der Waals surface area contributed by atoms with Crippen LogP contribution in [-0.4, -0.2) is 30.9 Å². The zero-order valence-corrected chi connectivity index (χ0v) is 7.55. The van der Waals surface area contributed by atoms with Gasteiger partial charge in [-0.1, -0.05) is 0 Å². The van der Waals surface area contributed by atoms with Gasteiger partial charge in [-0.15, -0.1) is 0 Å². The average Bonchev–Trinajstić information content (AvgIpc) is 1.85. The van der Waals surface area contributed by atoms with Gasteiger partial charge >= 0.3 is 0 Å². The van der Waals surface area contributed by atoms with Gasteiger partial charge in [-0.3, -0.25) is 4.99 Å². The third-order valence-electron chi connectivity index (χ3n) is 1.59. The van der Waals surface area contributed by atoms with Crippen LogP contribution >= 0.6 is 0 Å². The highest BCUT2D eigenvalue weighted by atomic mass is 15.2. The van der Waals surface area contributed by atoms with E-state index in [0.29, 0.717) is 6.04 Å². The molecule has 1 N–H and O–H groups in total. The zero-order chi connectivity index (χ0) is 8.43. The predicted molar refractivity (Wildman–Crippen MR) is 47.5 cm³/mol. The molecule has 1 atom stereocenters. The van der Waals surface area contributed by atoms with Crippen LogP contribution in [0.1, 0.15) is 13.8 Å². The molecular formula is C8H15N3. The quantitative estimate of drug-likeness (QED) is 0.603. The highest BCUT2D eigenvalue weighted by Crippen LogP contribution is 2.05. The van der Waals surface area contributed by atoms with Crippen molar-refractivity contribution in [1.29, 1.82) is 0 Å². The fourth-order valence-electron chi connectivity index (χ4n) is 1.09. The Morgan fingerprint density at radius 3 is 2.64 bits per heavy atom. The summed E-state index contributed by atoms with van der Waals surface area (Å²) in [5.41, 5.74) is 0. The molecule has 0 spiro atoms. The summed E-state index contributed by atoms with van der Waals surface area (Å²) in [6.45, 7) is 4.06. The number of hydrogen-bond acceptors (Lipinski definition) is 3. The SMILES string of the molecule is CC1=NC(C)C=C(N(C)C)N1. The van der Waals surface area contributed by atoms with Crippen molar-refractivity contribution in [1.82, 2.24) is 10.2 Å².